The van der Waals surface area contributed by atoms with Gasteiger partial charge in [0.1, 0.15) is 0 Å². The molecule has 0 aromatic rings. The molecule has 1 heterocycles. The highest BCUT2D eigenvalue weighted by atomic mass is 35.5. The summed E-state index contributed by atoms with van der Waals surface area (Å²) in [4.78, 5) is 0. The zero-order valence-corrected chi connectivity index (χ0v) is 10.6. The first-order chi connectivity index (χ1) is 6.67. The van der Waals surface area contributed by atoms with E-state index in [0.29, 0.717) is 13.1 Å². The first-order valence-electron chi connectivity index (χ1n) is 4.96. The quantitative estimate of drug-likeness (QED) is 0.751. The zero-order chi connectivity index (χ0) is 10.4. The lowest BCUT2D eigenvalue weighted by molar-refractivity contribution is 0.434. The molecule has 0 spiro atoms. The van der Waals surface area contributed by atoms with Gasteiger partial charge in [0, 0.05) is 19.6 Å². The van der Waals surface area contributed by atoms with Gasteiger partial charge in [0.2, 0.25) is 10.0 Å². The molecule has 0 unspecified atom stereocenters. The molecule has 1 aliphatic heterocycles. The number of nitrogens with zero attached hydrogens (tertiary/aromatic N) is 1. The summed E-state index contributed by atoms with van der Waals surface area (Å²) in [5.41, 5.74) is 0. The van der Waals surface area contributed by atoms with Crippen LogP contribution in [0.1, 0.15) is 13.3 Å². The lowest BCUT2D eigenvalue weighted by Crippen LogP contribution is -2.35. The topological polar surface area (TPSA) is 49.4 Å². The second kappa shape index (κ2) is 7.22. The molecular weight excluding hydrogens is 236 g/mol. The van der Waals surface area contributed by atoms with Gasteiger partial charge in [-0.2, -0.15) is 0 Å². The summed E-state index contributed by atoms with van der Waals surface area (Å²) < 4.78 is 25.1. The van der Waals surface area contributed by atoms with Crippen LogP contribution in [0.2, 0.25) is 0 Å². The van der Waals surface area contributed by atoms with Crippen LogP contribution in [0.25, 0.3) is 0 Å². The second-order valence-corrected chi connectivity index (χ2v) is 5.36. The molecule has 15 heavy (non-hydrogen) atoms. The monoisotopic (exact) mass is 254 g/mol. The fourth-order valence-electron chi connectivity index (χ4n) is 1.42. The van der Waals surface area contributed by atoms with Gasteiger partial charge in [0.25, 0.3) is 0 Å². The van der Waals surface area contributed by atoms with Gasteiger partial charge in [-0.05, 0) is 19.9 Å². The number of nitrogens with one attached hydrogen (secondary N) is 1. The van der Waals surface area contributed by atoms with E-state index in [1.54, 1.807) is 16.5 Å². The minimum Gasteiger partial charge on any atom is -0.315 e. The van der Waals surface area contributed by atoms with E-state index in [9.17, 15) is 8.42 Å². The molecule has 4 nitrogen and oxygen atoms in total. The van der Waals surface area contributed by atoms with E-state index < -0.39 is 10.0 Å². The summed E-state index contributed by atoms with van der Waals surface area (Å²) in [5.74, 6) is 0.128. The molecule has 0 aromatic heterocycles. The molecular formula is C9H19ClN2O2S. The first-order valence-corrected chi connectivity index (χ1v) is 6.57. The van der Waals surface area contributed by atoms with Gasteiger partial charge < -0.3 is 5.32 Å². The van der Waals surface area contributed by atoms with Crippen molar-refractivity contribution in [2.75, 3.05) is 31.9 Å². The van der Waals surface area contributed by atoms with Crippen molar-refractivity contribution in [1.29, 1.82) is 0 Å². The molecule has 0 amide bonds. The van der Waals surface area contributed by atoms with Crippen LogP contribution in [0.15, 0.2) is 12.2 Å². The Morgan fingerprint density at radius 3 is 2.73 bits per heavy atom. The van der Waals surface area contributed by atoms with Crippen molar-refractivity contribution in [3.63, 3.8) is 0 Å². The van der Waals surface area contributed by atoms with Gasteiger partial charge in [-0.3, -0.25) is 0 Å². The molecule has 1 N–H and O–H groups in total. The van der Waals surface area contributed by atoms with Gasteiger partial charge in [-0.25, -0.2) is 12.7 Å². The molecule has 6 heteroatoms. The van der Waals surface area contributed by atoms with Crippen molar-refractivity contribution in [2.45, 2.75) is 13.3 Å². The third-order valence-corrected chi connectivity index (χ3v) is 4.00. The predicted octanol–water partition coefficient (Wildman–Crippen LogP) is 0.609. The maximum Gasteiger partial charge on any atom is 0.217 e. The minimum atomic E-state index is -3.06. The molecule has 0 bridgehead atoms. The molecule has 0 aliphatic carbocycles. The molecule has 90 valence electrons. The normalized spacial score (nSPS) is 19.8. The van der Waals surface area contributed by atoms with E-state index in [2.05, 4.69) is 5.32 Å². The van der Waals surface area contributed by atoms with Gasteiger partial charge in [-0.1, -0.05) is 12.2 Å². The molecule has 1 saturated heterocycles. The largest absolute Gasteiger partial charge is 0.315 e. The van der Waals surface area contributed by atoms with Crippen molar-refractivity contribution in [3.8, 4) is 0 Å². The van der Waals surface area contributed by atoms with E-state index in [1.165, 1.54) is 0 Å². The summed E-state index contributed by atoms with van der Waals surface area (Å²) in [6.07, 6.45) is 4.36. The Morgan fingerprint density at radius 2 is 2.07 bits per heavy atom. The Bertz CT molecular complexity index is 282. The third-order valence-electron chi connectivity index (χ3n) is 2.23. The number of hydrogen-bond acceptors (Lipinski definition) is 3. The van der Waals surface area contributed by atoms with Crippen LogP contribution >= 0.6 is 12.4 Å². The molecule has 0 aromatic carbocycles. The number of halogens is 1. The van der Waals surface area contributed by atoms with Gasteiger partial charge >= 0.3 is 0 Å². The minimum absolute atomic E-state index is 0. The Labute approximate surface area is 98.2 Å². The Kier molecular flexibility index (Phi) is 7.17. The van der Waals surface area contributed by atoms with E-state index >= 15 is 0 Å². The summed E-state index contributed by atoms with van der Waals surface area (Å²) in [6, 6.07) is 0. The highest BCUT2D eigenvalue weighted by Crippen LogP contribution is 2.04. The number of sulfonamides is 1. The number of allylic oxidation sites excluding steroid dienone is 1. The van der Waals surface area contributed by atoms with Crippen LogP contribution < -0.4 is 5.32 Å². The Morgan fingerprint density at radius 1 is 1.33 bits per heavy atom. The van der Waals surface area contributed by atoms with Crippen LogP contribution in [0, 0.1) is 0 Å². The van der Waals surface area contributed by atoms with Crippen molar-refractivity contribution in [1.82, 2.24) is 9.62 Å². The van der Waals surface area contributed by atoms with Gasteiger partial charge in [-0.15, -0.1) is 12.4 Å². The zero-order valence-electron chi connectivity index (χ0n) is 8.98. The molecule has 1 aliphatic rings. The lowest BCUT2D eigenvalue weighted by Gasteiger charge is -2.18. The maximum atomic E-state index is 11.7. The Balaban J connectivity index is 0.00000196. The molecule has 0 atom stereocenters. The highest BCUT2D eigenvalue weighted by Gasteiger charge is 2.20. The number of rotatable bonds is 3. The summed E-state index contributed by atoms with van der Waals surface area (Å²) in [5, 5.41) is 3.18. The first kappa shape index (κ1) is 14.9. The van der Waals surface area contributed by atoms with E-state index in [4.69, 9.17) is 0 Å². The maximum absolute atomic E-state index is 11.7. The van der Waals surface area contributed by atoms with Crippen molar-refractivity contribution in [3.05, 3.63) is 12.2 Å². The van der Waals surface area contributed by atoms with Crippen LogP contribution in [0.3, 0.4) is 0 Å². The molecule has 1 fully saturated rings. The summed E-state index contributed by atoms with van der Waals surface area (Å²) in [7, 11) is -3.06. The summed E-state index contributed by atoms with van der Waals surface area (Å²) in [6.45, 7) is 4.75. The third kappa shape index (κ3) is 4.97. The molecule has 0 saturated carbocycles. The van der Waals surface area contributed by atoms with Crippen LogP contribution in [-0.4, -0.2) is 44.7 Å². The van der Waals surface area contributed by atoms with Crippen molar-refractivity contribution >= 4 is 22.4 Å². The van der Waals surface area contributed by atoms with E-state index in [-0.39, 0.29) is 18.2 Å². The van der Waals surface area contributed by atoms with Crippen LogP contribution in [-0.2, 0) is 10.0 Å². The fourth-order valence-corrected chi connectivity index (χ4v) is 2.85. The smallest absolute Gasteiger partial charge is 0.217 e. The van der Waals surface area contributed by atoms with E-state index in [0.717, 1.165) is 19.5 Å². The lowest BCUT2D eigenvalue weighted by atomic mass is 10.4. The second-order valence-electron chi connectivity index (χ2n) is 3.35. The molecule has 0 radical (unpaired) electrons. The predicted molar refractivity (Wildman–Crippen MR) is 64.9 cm³/mol. The average molecular weight is 255 g/mol. The van der Waals surface area contributed by atoms with Gasteiger partial charge in [0.05, 0.1) is 5.75 Å². The van der Waals surface area contributed by atoms with E-state index in [1.807, 2.05) is 6.92 Å². The van der Waals surface area contributed by atoms with Crippen molar-refractivity contribution in [2.24, 2.45) is 0 Å². The number of hydrogen-bond donors (Lipinski definition) is 1. The van der Waals surface area contributed by atoms with Crippen LogP contribution in [0.5, 0.6) is 0 Å². The van der Waals surface area contributed by atoms with Crippen molar-refractivity contribution < 1.29 is 8.42 Å². The fraction of sp³-hybridized carbons (Fsp3) is 0.778. The molecule has 1 rings (SSSR count). The SMILES string of the molecule is C/C=C/CS(=O)(=O)N1CCCNCC1.Cl. The highest BCUT2D eigenvalue weighted by molar-refractivity contribution is 7.89. The van der Waals surface area contributed by atoms with Gasteiger partial charge in [0.15, 0.2) is 0 Å². The standard InChI is InChI=1S/C9H18N2O2S.ClH/c1-2-3-9-14(12,13)11-7-4-5-10-6-8-11;/h2-3,10H,4-9H2,1H3;1H/b3-2+;. The van der Waals surface area contributed by atoms with Crippen LogP contribution in [0.4, 0.5) is 0 Å². The Hall–Kier alpha value is -0.100. The summed E-state index contributed by atoms with van der Waals surface area (Å²) >= 11 is 0. The average Bonchev–Trinajstić information content (AvgIpc) is 2.43.